The first-order valence-corrected chi connectivity index (χ1v) is 9.70. The molecule has 2 aromatic heterocycles. The topological polar surface area (TPSA) is 94.1 Å². The predicted octanol–water partition coefficient (Wildman–Crippen LogP) is 2.85. The number of nitrogens with zero attached hydrogens (tertiary/aromatic N) is 3. The molecule has 0 saturated carbocycles. The first-order valence-electron chi connectivity index (χ1n) is 9.70. The van der Waals surface area contributed by atoms with Gasteiger partial charge >= 0.3 is 0 Å². The van der Waals surface area contributed by atoms with Gasteiger partial charge in [0.2, 0.25) is 0 Å². The molecule has 29 heavy (non-hydrogen) atoms. The highest BCUT2D eigenvalue weighted by atomic mass is 19.1. The van der Waals surface area contributed by atoms with Gasteiger partial charge in [0, 0.05) is 24.7 Å². The zero-order chi connectivity index (χ0) is 20.7. The maximum Gasteiger partial charge on any atom is 0.254 e. The Morgan fingerprint density at radius 3 is 2.90 bits per heavy atom. The number of fused-ring (bicyclic) bond motifs is 1. The van der Waals surface area contributed by atoms with Crippen LogP contribution in [0.3, 0.4) is 0 Å². The molecule has 7 nitrogen and oxygen atoms in total. The van der Waals surface area contributed by atoms with Crippen LogP contribution < -0.4 is 5.32 Å². The number of aromatic amines is 1. The van der Waals surface area contributed by atoms with Crippen molar-refractivity contribution in [1.82, 2.24) is 25.4 Å². The summed E-state index contributed by atoms with van der Waals surface area (Å²) in [4.78, 5) is 19.8. The molecule has 3 heterocycles. The molecule has 0 unspecified atom stereocenters. The fourth-order valence-corrected chi connectivity index (χ4v) is 3.97. The second-order valence-electron chi connectivity index (χ2n) is 7.67. The zero-order valence-electron chi connectivity index (χ0n) is 16.7. The molecule has 8 heteroatoms. The minimum atomic E-state index is -0.736. The highest BCUT2D eigenvalue weighted by Gasteiger charge is 2.30. The van der Waals surface area contributed by atoms with Crippen molar-refractivity contribution in [3.63, 3.8) is 0 Å². The van der Waals surface area contributed by atoms with Crippen molar-refractivity contribution < 1.29 is 14.3 Å². The van der Waals surface area contributed by atoms with Crippen molar-refractivity contribution in [2.75, 3.05) is 20.1 Å². The molecule has 0 spiro atoms. The lowest BCUT2D eigenvalue weighted by Gasteiger charge is -2.37. The van der Waals surface area contributed by atoms with Gasteiger partial charge < -0.3 is 15.3 Å². The number of aryl methyl sites for hydroxylation is 1. The van der Waals surface area contributed by atoms with Crippen LogP contribution in [0.4, 0.5) is 4.39 Å². The van der Waals surface area contributed by atoms with Crippen molar-refractivity contribution in [2.45, 2.75) is 26.3 Å². The van der Waals surface area contributed by atoms with Gasteiger partial charge in [-0.15, -0.1) is 0 Å². The molecule has 0 bridgehead atoms. The molecule has 1 amide bonds. The van der Waals surface area contributed by atoms with Crippen molar-refractivity contribution in [3.05, 3.63) is 41.3 Å². The van der Waals surface area contributed by atoms with Crippen LogP contribution in [0.1, 0.15) is 29.4 Å². The average Bonchev–Trinajstić information content (AvgIpc) is 3.10. The van der Waals surface area contributed by atoms with Crippen LogP contribution in [0.5, 0.6) is 5.75 Å². The fourth-order valence-electron chi connectivity index (χ4n) is 3.97. The summed E-state index contributed by atoms with van der Waals surface area (Å²) in [6.07, 6.45) is 0.922. The number of hydrogen-bond acceptors (Lipinski definition) is 5. The Balaban J connectivity index is 1.79. The van der Waals surface area contributed by atoms with E-state index in [1.807, 2.05) is 18.9 Å². The van der Waals surface area contributed by atoms with E-state index < -0.39 is 11.6 Å². The summed E-state index contributed by atoms with van der Waals surface area (Å²) in [7, 11) is 1.91. The Labute approximate surface area is 167 Å². The van der Waals surface area contributed by atoms with Gasteiger partial charge in [0.1, 0.15) is 0 Å². The van der Waals surface area contributed by atoms with E-state index in [4.69, 9.17) is 0 Å². The number of carbonyl (C=O) groups is 1. The van der Waals surface area contributed by atoms with Crippen LogP contribution in [0.25, 0.3) is 22.3 Å². The third-order valence-electron chi connectivity index (χ3n) is 5.80. The highest BCUT2D eigenvalue weighted by molar-refractivity contribution is 6.07. The maximum absolute atomic E-state index is 13.9. The van der Waals surface area contributed by atoms with Crippen molar-refractivity contribution in [1.29, 1.82) is 0 Å². The lowest BCUT2D eigenvalue weighted by atomic mass is 9.93. The van der Waals surface area contributed by atoms with E-state index >= 15 is 0 Å². The number of amides is 1. The number of nitrogens with one attached hydrogen (secondary N) is 2. The van der Waals surface area contributed by atoms with Crippen LogP contribution in [-0.2, 0) is 0 Å². The number of piperidine rings is 1. The van der Waals surface area contributed by atoms with Crippen LogP contribution in [0.2, 0.25) is 0 Å². The van der Waals surface area contributed by atoms with Gasteiger partial charge in [-0.05, 0) is 50.6 Å². The molecule has 1 aliphatic rings. The fraction of sp³-hybridized carbons (Fsp3) is 0.381. The number of rotatable bonds is 3. The summed E-state index contributed by atoms with van der Waals surface area (Å²) in [5, 5.41) is 20.5. The number of carbonyl (C=O) groups excluding carboxylic acids is 1. The van der Waals surface area contributed by atoms with Crippen LogP contribution in [0.15, 0.2) is 24.3 Å². The molecule has 0 aliphatic carbocycles. The summed E-state index contributed by atoms with van der Waals surface area (Å²) < 4.78 is 13.9. The van der Waals surface area contributed by atoms with E-state index in [2.05, 4.69) is 27.4 Å². The van der Waals surface area contributed by atoms with Gasteiger partial charge in [0.15, 0.2) is 17.2 Å². The lowest BCUT2D eigenvalue weighted by Crippen LogP contribution is -2.51. The highest BCUT2D eigenvalue weighted by Crippen LogP contribution is 2.30. The number of halogens is 1. The summed E-state index contributed by atoms with van der Waals surface area (Å²) in [6.45, 7) is 5.32. The van der Waals surface area contributed by atoms with E-state index in [0.29, 0.717) is 52.6 Å². The Bertz CT molecular complexity index is 1080. The van der Waals surface area contributed by atoms with Crippen molar-refractivity contribution in [2.24, 2.45) is 5.92 Å². The van der Waals surface area contributed by atoms with Gasteiger partial charge in [0.25, 0.3) is 5.91 Å². The number of likely N-dealkylation sites (N-methyl/N-ethyl adjacent to an activating group) is 1. The molecular weight excluding hydrogens is 373 g/mol. The number of hydrogen-bond donors (Lipinski definition) is 3. The number of benzene rings is 1. The molecule has 0 radical (unpaired) electrons. The molecule has 1 saturated heterocycles. The minimum absolute atomic E-state index is 0.0884. The van der Waals surface area contributed by atoms with Gasteiger partial charge in [-0.3, -0.25) is 9.89 Å². The smallest absolute Gasteiger partial charge is 0.254 e. The van der Waals surface area contributed by atoms with E-state index in [1.54, 1.807) is 12.1 Å². The molecule has 1 fully saturated rings. The predicted molar refractivity (Wildman–Crippen MR) is 108 cm³/mol. The normalized spacial score (nSPS) is 19.7. The number of pyridine rings is 1. The van der Waals surface area contributed by atoms with E-state index in [-0.39, 0.29) is 11.9 Å². The second-order valence-corrected chi connectivity index (χ2v) is 7.67. The largest absolute Gasteiger partial charge is 0.505 e. The average molecular weight is 397 g/mol. The molecule has 4 rings (SSSR count). The Hall–Kier alpha value is -3.00. The second kappa shape index (κ2) is 7.44. The standard InChI is InChI=1S/C21H24FN5O2/c1-11-6-7-27(10-17(11)23-3)21(29)14-9-16(13-4-5-18(28)15(22)8-13)24-20-19(14)12(2)25-26-20/h4-5,8-9,11,17,23,28H,6-7,10H2,1-3H3,(H,24,25,26)/t11-,17+/m0/s1. The van der Waals surface area contributed by atoms with Crippen LogP contribution in [0, 0.1) is 18.7 Å². The SMILES string of the molecule is CN[C@@H]1CN(C(=O)c2cc(-c3ccc(O)c(F)c3)nc3[nH]nc(C)c23)CC[C@@H]1C. The van der Waals surface area contributed by atoms with Gasteiger partial charge in [-0.1, -0.05) is 6.92 Å². The first-order chi connectivity index (χ1) is 13.9. The third-order valence-corrected chi connectivity index (χ3v) is 5.80. The van der Waals surface area contributed by atoms with E-state index in [0.717, 1.165) is 6.42 Å². The lowest BCUT2D eigenvalue weighted by molar-refractivity contribution is 0.0656. The van der Waals surface area contributed by atoms with E-state index in [1.165, 1.54) is 12.1 Å². The monoisotopic (exact) mass is 397 g/mol. The Kier molecular flexibility index (Phi) is 4.96. The summed E-state index contributed by atoms with van der Waals surface area (Å²) >= 11 is 0. The van der Waals surface area contributed by atoms with Crippen LogP contribution >= 0.6 is 0 Å². The molecule has 1 aromatic carbocycles. The van der Waals surface area contributed by atoms with E-state index in [9.17, 15) is 14.3 Å². The van der Waals surface area contributed by atoms with Gasteiger partial charge in [-0.2, -0.15) is 5.10 Å². The maximum atomic E-state index is 13.9. The van der Waals surface area contributed by atoms with Crippen molar-refractivity contribution in [3.8, 4) is 17.0 Å². The number of likely N-dealkylation sites (tertiary alicyclic amines) is 1. The molecule has 3 N–H and O–H groups in total. The van der Waals surface area contributed by atoms with Gasteiger partial charge in [0.05, 0.1) is 22.3 Å². The molecular formula is C21H24FN5O2. The number of phenolic OH excluding ortho intramolecular Hbond substituents is 1. The molecule has 3 aromatic rings. The zero-order valence-corrected chi connectivity index (χ0v) is 16.7. The molecule has 1 aliphatic heterocycles. The number of H-pyrrole nitrogens is 1. The van der Waals surface area contributed by atoms with Crippen molar-refractivity contribution >= 4 is 16.9 Å². The van der Waals surface area contributed by atoms with Crippen LogP contribution in [-0.4, -0.2) is 57.3 Å². The summed E-state index contributed by atoms with van der Waals surface area (Å²) in [5.74, 6) is -0.758. The third kappa shape index (κ3) is 3.44. The molecule has 152 valence electrons. The summed E-state index contributed by atoms with van der Waals surface area (Å²) in [6, 6.07) is 5.98. The van der Waals surface area contributed by atoms with Gasteiger partial charge in [-0.25, -0.2) is 9.37 Å². The molecule has 2 atom stereocenters. The summed E-state index contributed by atoms with van der Waals surface area (Å²) in [5.41, 5.74) is 2.58. The minimum Gasteiger partial charge on any atom is -0.505 e. The quantitative estimate of drug-likeness (QED) is 0.632. The number of aromatic nitrogens is 3. The Morgan fingerprint density at radius 1 is 1.38 bits per heavy atom. The first kappa shape index (κ1) is 19.3. The Morgan fingerprint density at radius 2 is 2.17 bits per heavy atom. The number of phenols is 1. The number of aromatic hydroxyl groups is 1.